The molecule has 0 amide bonds. The summed E-state index contributed by atoms with van der Waals surface area (Å²) in [5, 5.41) is 4.21. The molecule has 0 bridgehead atoms. The molecule has 1 aromatic carbocycles. The van der Waals surface area contributed by atoms with E-state index in [9.17, 15) is 4.79 Å². The van der Waals surface area contributed by atoms with Gasteiger partial charge in [0, 0.05) is 16.0 Å². The molecule has 2 atom stereocenters. The van der Waals surface area contributed by atoms with Crippen molar-refractivity contribution in [2.24, 2.45) is 5.92 Å². The first-order valence-corrected chi connectivity index (χ1v) is 8.63. The van der Waals surface area contributed by atoms with Gasteiger partial charge in [-0.25, -0.2) is 0 Å². The first-order chi connectivity index (χ1) is 10.0. The second-order valence-corrected chi connectivity index (χ2v) is 7.32. The number of thioether (sulfide) groups is 1. The Balaban J connectivity index is 2.18. The third-order valence-electron chi connectivity index (χ3n) is 3.61. The van der Waals surface area contributed by atoms with Gasteiger partial charge in [0.2, 0.25) is 0 Å². The van der Waals surface area contributed by atoms with E-state index in [1.54, 1.807) is 0 Å². The van der Waals surface area contributed by atoms with Gasteiger partial charge in [-0.05, 0) is 48.3 Å². The van der Waals surface area contributed by atoms with E-state index in [4.69, 9.17) is 16.3 Å². The number of carbonyl (C=O) groups is 1. The maximum absolute atomic E-state index is 12.0. The highest BCUT2D eigenvalue weighted by molar-refractivity contribution is 7.99. The Kier molecular flexibility index (Phi) is 5.97. The van der Waals surface area contributed by atoms with Crippen LogP contribution in [0.5, 0.6) is 0 Å². The molecular formula is C16H22ClNO2S. The highest BCUT2D eigenvalue weighted by Crippen LogP contribution is 2.38. The topological polar surface area (TPSA) is 38.3 Å². The summed E-state index contributed by atoms with van der Waals surface area (Å²) in [7, 11) is 1.44. The van der Waals surface area contributed by atoms with Gasteiger partial charge >= 0.3 is 5.97 Å². The van der Waals surface area contributed by atoms with Crippen molar-refractivity contribution in [2.75, 3.05) is 12.9 Å². The first-order valence-electron chi connectivity index (χ1n) is 7.27. The Labute approximate surface area is 135 Å². The summed E-state index contributed by atoms with van der Waals surface area (Å²) in [5.41, 5.74) is 1.19. The molecule has 116 valence electrons. The summed E-state index contributed by atoms with van der Waals surface area (Å²) < 4.78 is 4.93. The number of hydrogen-bond acceptors (Lipinski definition) is 4. The molecule has 1 heterocycles. The van der Waals surface area contributed by atoms with E-state index < -0.39 is 0 Å². The Morgan fingerprint density at radius 2 is 2.29 bits per heavy atom. The van der Waals surface area contributed by atoms with Gasteiger partial charge in [0.25, 0.3) is 0 Å². The zero-order valence-electron chi connectivity index (χ0n) is 12.7. The summed E-state index contributed by atoms with van der Waals surface area (Å²) in [6.07, 6.45) is 1.76. The fourth-order valence-corrected chi connectivity index (χ4v) is 3.91. The largest absolute Gasteiger partial charge is 0.468 e. The normalized spacial score (nSPS) is 19.2. The Morgan fingerprint density at radius 1 is 1.52 bits per heavy atom. The van der Waals surface area contributed by atoms with Crippen LogP contribution in [0.15, 0.2) is 23.1 Å². The van der Waals surface area contributed by atoms with Crippen LogP contribution in [-0.2, 0) is 9.53 Å². The number of nitrogens with one attached hydrogen (secondary N) is 1. The van der Waals surface area contributed by atoms with Gasteiger partial charge in [0.15, 0.2) is 0 Å². The van der Waals surface area contributed by atoms with E-state index in [-0.39, 0.29) is 18.1 Å². The average Bonchev–Trinajstić information content (AvgIpc) is 2.45. The molecule has 3 nitrogen and oxygen atoms in total. The number of hydrogen-bond donors (Lipinski definition) is 1. The van der Waals surface area contributed by atoms with E-state index in [1.807, 2.05) is 23.9 Å². The van der Waals surface area contributed by atoms with Crippen LogP contribution in [0.2, 0.25) is 5.02 Å². The first kappa shape index (κ1) is 16.7. The molecule has 1 aliphatic rings. The summed E-state index contributed by atoms with van der Waals surface area (Å²) in [4.78, 5) is 13.2. The lowest BCUT2D eigenvalue weighted by molar-refractivity contribution is -0.143. The maximum atomic E-state index is 12.0. The van der Waals surface area contributed by atoms with Gasteiger partial charge in [-0.2, -0.15) is 0 Å². The standard InChI is InChI=1S/C16H22ClNO2S/c1-10(2)8-14(16(19)20-3)18-13-6-7-21-15-5-4-11(17)9-12(13)15/h4-5,9-10,13-14,18H,6-8H2,1-3H3. The average molecular weight is 328 g/mol. The molecule has 5 heteroatoms. The predicted octanol–water partition coefficient (Wildman–Crippen LogP) is 4.05. The maximum Gasteiger partial charge on any atom is 0.322 e. The molecule has 1 N–H and O–H groups in total. The van der Waals surface area contributed by atoms with Crippen LogP contribution >= 0.6 is 23.4 Å². The molecule has 2 rings (SSSR count). The Bertz CT molecular complexity index is 507. The van der Waals surface area contributed by atoms with E-state index in [0.717, 1.165) is 23.6 Å². The van der Waals surface area contributed by atoms with Crippen molar-refractivity contribution in [3.05, 3.63) is 28.8 Å². The molecule has 0 fully saturated rings. The SMILES string of the molecule is COC(=O)C(CC(C)C)NC1CCSc2ccc(Cl)cc21. The number of halogens is 1. The van der Waals surface area contributed by atoms with Gasteiger partial charge in [-0.15, -0.1) is 11.8 Å². The molecule has 2 unspecified atom stereocenters. The molecule has 21 heavy (non-hydrogen) atoms. The minimum absolute atomic E-state index is 0.155. The third-order valence-corrected chi connectivity index (χ3v) is 4.96. The van der Waals surface area contributed by atoms with Crippen molar-refractivity contribution in [1.29, 1.82) is 0 Å². The van der Waals surface area contributed by atoms with Crippen molar-refractivity contribution in [3.63, 3.8) is 0 Å². The molecule has 0 saturated heterocycles. The fourth-order valence-electron chi connectivity index (χ4n) is 2.63. The predicted molar refractivity (Wildman–Crippen MR) is 87.9 cm³/mol. The number of benzene rings is 1. The fraction of sp³-hybridized carbons (Fsp3) is 0.562. The molecule has 1 aliphatic heterocycles. The van der Waals surface area contributed by atoms with Crippen LogP contribution in [0, 0.1) is 5.92 Å². The molecular weight excluding hydrogens is 306 g/mol. The second-order valence-electron chi connectivity index (χ2n) is 5.74. The second kappa shape index (κ2) is 7.52. The van der Waals surface area contributed by atoms with E-state index in [1.165, 1.54) is 17.6 Å². The van der Waals surface area contributed by atoms with Crippen LogP contribution in [0.1, 0.15) is 38.3 Å². The van der Waals surface area contributed by atoms with Crippen molar-refractivity contribution in [1.82, 2.24) is 5.32 Å². The van der Waals surface area contributed by atoms with Crippen molar-refractivity contribution in [3.8, 4) is 0 Å². The molecule has 0 aliphatic carbocycles. The van der Waals surface area contributed by atoms with Crippen molar-refractivity contribution in [2.45, 2.75) is 43.7 Å². The van der Waals surface area contributed by atoms with Crippen LogP contribution in [0.4, 0.5) is 0 Å². The lowest BCUT2D eigenvalue weighted by Gasteiger charge is -2.30. The minimum Gasteiger partial charge on any atom is -0.468 e. The number of methoxy groups -OCH3 is 1. The van der Waals surface area contributed by atoms with Crippen LogP contribution in [-0.4, -0.2) is 24.9 Å². The molecule has 0 spiro atoms. The number of ether oxygens (including phenoxy) is 1. The quantitative estimate of drug-likeness (QED) is 0.828. The number of fused-ring (bicyclic) bond motifs is 1. The summed E-state index contributed by atoms with van der Waals surface area (Å²) in [6, 6.07) is 5.87. The van der Waals surface area contributed by atoms with Crippen LogP contribution in [0.25, 0.3) is 0 Å². The Hall–Kier alpha value is -0.710. The molecule has 0 saturated carbocycles. The van der Waals surface area contributed by atoms with Crippen LogP contribution in [0.3, 0.4) is 0 Å². The lowest BCUT2D eigenvalue weighted by Crippen LogP contribution is -2.41. The summed E-state index contributed by atoms with van der Waals surface area (Å²) in [5.74, 6) is 1.28. The molecule has 1 aromatic rings. The van der Waals surface area contributed by atoms with E-state index in [2.05, 4.69) is 25.2 Å². The van der Waals surface area contributed by atoms with Gasteiger partial charge in [-0.3, -0.25) is 10.1 Å². The van der Waals surface area contributed by atoms with E-state index in [0.29, 0.717) is 5.92 Å². The van der Waals surface area contributed by atoms with E-state index >= 15 is 0 Å². The van der Waals surface area contributed by atoms with Crippen LogP contribution < -0.4 is 5.32 Å². The van der Waals surface area contributed by atoms with Gasteiger partial charge < -0.3 is 4.74 Å². The molecule has 0 aromatic heterocycles. The lowest BCUT2D eigenvalue weighted by atomic mass is 9.99. The van der Waals surface area contributed by atoms with Gasteiger partial charge in [-0.1, -0.05) is 25.4 Å². The molecule has 0 radical (unpaired) electrons. The van der Waals surface area contributed by atoms with Crippen molar-refractivity contribution >= 4 is 29.3 Å². The number of rotatable bonds is 5. The van der Waals surface area contributed by atoms with Gasteiger partial charge in [0.1, 0.15) is 6.04 Å². The monoisotopic (exact) mass is 327 g/mol. The Morgan fingerprint density at radius 3 is 2.95 bits per heavy atom. The summed E-state index contributed by atoms with van der Waals surface area (Å²) in [6.45, 7) is 4.22. The number of esters is 1. The highest BCUT2D eigenvalue weighted by Gasteiger charge is 2.27. The van der Waals surface area contributed by atoms with Crippen molar-refractivity contribution < 1.29 is 9.53 Å². The third kappa shape index (κ3) is 4.38. The number of carbonyl (C=O) groups excluding carboxylic acids is 1. The zero-order chi connectivity index (χ0) is 15.4. The smallest absolute Gasteiger partial charge is 0.322 e. The highest BCUT2D eigenvalue weighted by atomic mass is 35.5. The minimum atomic E-state index is -0.269. The zero-order valence-corrected chi connectivity index (χ0v) is 14.3. The van der Waals surface area contributed by atoms with Gasteiger partial charge in [0.05, 0.1) is 7.11 Å². The summed E-state index contributed by atoms with van der Waals surface area (Å²) >= 11 is 7.97.